The number of nitrogens with one attached hydrogen (secondary N) is 1. The molecule has 2 atom stereocenters. The van der Waals surface area contributed by atoms with Gasteiger partial charge in [-0.3, -0.25) is 0 Å². The first-order valence-corrected chi connectivity index (χ1v) is 7.70. The summed E-state index contributed by atoms with van der Waals surface area (Å²) in [7, 11) is 0. The molecule has 0 aliphatic carbocycles. The number of halogens is 1. The largest absolute Gasteiger partial charge is 0.710 e. The Morgan fingerprint density at radius 2 is 2.36 bits per heavy atom. The number of nitrogens with zero attached hydrogens (tertiary/aromatic N) is 1. The predicted octanol–water partition coefficient (Wildman–Crippen LogP) is 1.74. The number of aliphatic hydroxyl groups is 1. The van der Waals surface area contributed by atoms with Crippen LogP contribution in [0.4, 0.5) is 5.82 Å². The van der Waals surface area contributed by atoms with Crippen molar-refractivity contribution in [3.63, 3.8) is 0 Å². The summed E-state index contributed by atoms with van der Waals surface area (Å²) in [5.41, 5.74) is -0.134. The van der Waals surface area contributed by atoms with E-state index in [4.69, 9.17) is 16.3 Å². The Labute approximate surface area is 134 Å². The van der Waals surface area contributed by atoms with Crippen molar-refractivity contribution in [1.29, 1.82) is 0 Å². The summed E-state index contributed by atoms with van der Waals surface area (Å²) in [6.07, 6.45) is 1.73. The topological polar surface area (TPSA) is 85.5 Å². The van der Waals surface area contributed by atoms with Gasteiger partial charge in [0.2, 0.25) is 5.75 Å². The number of aromatic nitrogens is 1. The molecule has 0 spiro atoms. The molecule has 0 bridgehead atoms. The maximum atomic E-state index is 12.0. The number of aliphatic hydroxyl groups excluding tert-OH is 1. The number of carbonyl (C=O) groups excluding carboxylic acids is 1. The van der Waals surface area contributed by atoms with E-state index in [0.29, 0.717) is 28.9 Å². The first-order chi connectivity index (χ1) is 10.2. The molecule has 122 valence electrons. The summed E-state index contributed by atoms with van der Waals surface area (Å²) in [4.78, 5) is 12.0. The highest BCUT2D eigenvalue weighted by molar-refractivity contribution is 6.20. The van der Waals surface area contributed by atoms with Gasteiger partial charge in [0, 0.05) is 17.4 Å². The Kier molecular flexibility index (Phi) is 4.82. The van der Waals surface area contributed by atoms with Gasteiger partial charge in [-0.05, 0) is 33.3 Å². The second kappa shape index (κ2) is 6.30. The number of carbonyl (C=O) groups is 1. The van der Waals surface area contributed by atoms with E-state index in [0.717, 1.165) is 0 Å². The molecule has 0 saturated carbocycles. The van der Waals surface area contributed by atoms with Crippen LogP contribution < -0.4 is 14.8 Å². The van der Waals surface area contributed by atoms with Crippen LogP contribution in [0.3, 0.4) is 0 Å². The molecule has 0 aromatic carbocycles. The zero-order valence-electron chi connectivity index (χ0n) is 12.9. The van der Waals surface area contributed by atoms with E-state index in [1.165, 1.54) is 6.20 Å². The normalized spacial score (nSPS) is 20.7. The number of hydrogen-bond acceptors (Lipinski definition) is 4. The maximum absolute atomic E-state index is 12.0. The van der Waals surface area contributed by atoms with Crippen molar-refractivity contribution in [1.82, 2.24) is 0 Å². The molecule has 0 saturated heterocycles. The Morgan fingerprint density at radius 3 is 3.00 bits per heavy atom. The molecule has 1 amide bonds. The highest BCUT2D eigenvalue weighted by atomic mass is 35.5. The Bertz CT molecular complexity index is 575. The van der Waals surface area contributed by atoms with Crippen LogP contribution in [0, 0.1) is 5.21 Å². The van der Waals surface area contributed by atoms with Gasteiger partial charge in [0.1, 0.15) is 5.60 Å². The Morgan fingerprint density at radius 1 is 1.68 bits per heavy atom. The fraction of sp³-hybridized carbons (Fsp3) is 0.600. The average Bonchev–Trinajstić information content (AvgIpc) is 2.42. The molecule has 2 N–H and O–H groups in total. The fourth-order valence-corrected chi connectivity index (χ4v) is 2.37. The van der Waals surface area contributed by atoms with Gasteiger partial charge in [0.05, 0.1) is 18.7 Å². The molecule has 7 heteroatoms. The van der Waals surface area contributed by atoms with Crippen molar-refractivity contribution in [3.05, 3.63) is 23.0 Å². The average molecular weight is 329 g/mol. The van der Waals surface area contributed by atoms with Gasteiger partial charge >= 0.3 is 11.7 Å². The smallest absolute Gasteiger partial charge is 0.328 e. The van der Waals surface area contributed by atoms with Gasteiger partial charge < -0.3 is 15.1 Å². The number of ether oxygens (including phenoxy) is 1. The highest BCUT2D eigenvalue weighted by Gasteiger charge is 2.39. The van der Waals surface area contributed by atoms with Gasteiger partial charge in [-0.1, -0.05) is 0 Å². The van der Waals surface area contributed by atoms with E-state index < -0.39 is 11.7 Å². The minimum atomic E-state index is -0.828. The lowest BCUT2D eigenvalue weighted by Gasteiger charge is -2.37. The molecule has 2 unspecified atom stereocenters. The van der Waals surface area contributed by atoms with E-state index in [1.54, 1.807) is 26.8 Å². The van der Waals surface area contributed by atoms with Crippen molar-refractivity contribution < 1.29 is 19.4 Å². The van der Waals surface area contributed by atoms with E-state index in [1.807, 2.05) is 0 Å². The van der Waals surface area contributed by atoms with E-state index in [9.17, 15) is 15.1 Å². The van der Waals surface area contributed by atoms with Crippen LogP contribution >= 0.6 is 11.6 Å². The molecular formula is C15H21ClN2O4. The second-order valence-electron chi connectivity index (χ2n) is 6.14. The SMILES string of the molecule is CC(Cl)CCC(=O)Nc1c2c(cc[n+]1[O-])CC(O)C(C)(C)O2. The standard InChI is InChI=1S/C15H21ClN2O4/c1-9(16)4-5-12(20)17-14-13-10(6-7-18(14)21)8-11(19)15(2,3)22-13/h6-7,9,11,19H,4-5,8H2,1-3H3,(H,17,20). The predicted molar refractivity (Wildman–Crippen MR) is 83.0 cm³/mol. The molecule has 1 aromatic heterocycles. The molecule has 0 fully saturated rings. The van der Waals surface area contributed by atoms with Crippen molar-refractivity contribution in [3.8, 4) is 5.75 Å². The lowest BCUT2D eigenvalue weighted by molar-refractivity contribution is -0.590. The van der Waals surface area contributed by atoms with Gasteiger partial charge in [-0.25, -0.2) is 14.8 Å². The van der Waals surface area contributed by atoms with Crippen molar-refractivity contribution in [2.24, 2.45) is 0 Å². The summed E-state index contributed by atoms with van der Waals surface area (Å²) in [6, 6.07) is 1.59. The number of pyridine rings is 1. The van der Waals surface area contributed by atoms with Crippen molar-refractivity contribution in [2.75, 3.05) is 5.32 Å². The molecular weight excluding hydrogens is 308 g/mol. The molecule has 1 aliphatic rings. The Balaban J connectivity index is 2.25. The summed E-state index contributed by atoms with van der Waals surface area (Å²) in [6.45, 7) is 5.28. The number of hydrogen-bond donors (Lipinski definition) is 2. The molecule has 2 heterocycles. The first kappa shape index (κ1) is 16.8. The molecule has 1 aliphatic heterocycles. The number of rotatable bonds is 4. The third-order valence-corrected chi connectivity index (χ3v) is 3.96. The van der Waals surface area contributed by atoms with E-state index in [2.05, 4.69) is 5.32 Å². The molecule has 2 rings (SSSR count). The van der Waals surface area contributed by atoms with Crippen molar-refractivity contribution in [2.45, 2.75) is 57.1 Å². The lowest BCUT2D eigenvalue weighted by Crippen LogP contribution is -2.48. The van der Waals surface area contributed by atoms with Crippen LogP contribution in [0.2, 0.25) is 0 Å². The monoisotopic (exact) mass is 328 g/mol. The zero-order chi connectivity index (χ0) is 16.5. The van der Waals surface area contributed by atoms with Gasteiger partial charge in [0.15, 0.2) is 0 Å². The van der Waals surface area contributed by atoms with E-state index >= 15 is 0 Å². The van der Waals surface area contributed by atoms with Crippen LogP contribution in [0.15, 0.2) is 12.3 Å². The number of amides is 1. The third-order valence-electron chi connectivity index (χ3n) is 3.75. The number of anilines is 1. The summed E-state index contributed by atoms with van der Waals surface area (Å²) in [5.74, 6) is 0.0859. The fourth-order valence-electron chi connectivity index (χ4n) is 2.26. The highest BCUT2D eigenvalue weighted by Crippen LogP contribution is 2.37. The molecule has 6 nitrogen and oxygen atoms in total. The van der Waals surface area contributed by atoms with Crippen LogP contribution in [0.1, 0.15) is 39.2 Å². The minimum absolute atomic E-state index is 0.0599. The van der Waals surface area contributed by atoms with Crippen LogP contribution in [-0.4, -0.2) is 28.1 Å². The van der Waals surface area contributed by atoms with Gasteiger partial charge in [0.25, 0.3) is 0 Å². The lowest BCUT2D eigenvalue weighted by atomic mass is 9.91. The zero-order valence-corrected chi connectivity index (χ0v) is 13.7. The maximum Gasteiger partial charge on any atom is 0.328 e. The van der Waals surface area contributed by atoms with Crippen LogP contribution in [0.25, 0.3) is 0 Å². The molecule has 0 radical (unpaired) electrons. The number of alkyl halides is 1. The molecule has 22 heavy (non-hydrogen) atoms. The summed E-state index contributed by atoms with van der Waals surface area (Å²) < 4.78 is 6.32. The third kappa shape index (κ3) is 3.62. The number of fused-ring (bicyclic) bond motifs is 1. The van der Waals surface area contributed by atoms with Crippen LogP contribution in [0.5, 0.6) is 5.75 Å². The van der Waals surface area contributed by atoms with Gasteiger partial charge in [-0.2, -0.15) is 0 Å². The second-order valence-corrected chi connectivity index (χ2v) is 6.88. The quantitative estimate of drug-likeness (QED) is 0.501. The minimum Gasteiger partial charge on any atom is -0.710 e. The van der Waals surface area contributed by atoms with Crippen molar-refractivity contribution >= 4 is 23.3 Å². The van der Waals surface area contributed by atoms with Crippen LogP contribution in [-0.2, 0) is 11.2 Å². The first-order valence-electron chi connectivity index (χ1n) is 7.26. The Hall–Kier alpha value is -1.53. The summed E-state index contributed by atoms with van der Waals surface area (Å²) in [5, 5.41) is 24.5. The molecule has 1 aromatic rings. The van der Waals surface area contributed by atoms with E-state index in [-0.39, 0.29) is 23.5 Å². The van der Waals surface area contributed by atoms with Gasteiger partial charge in [-0.15, -0.1) is 11.6 Å². The summed E-state index contributed by atoms with van der Waals surface area (Å²) >= 11 is 5.83.